The van der Waals surface area contributed by atoms with E-state index in [1.165, 1.54) is 0 Å². The predicted molar refractivity (Wildman–Crippen MR) is 118 cm³/mol. The molecule has 11 heteroatoms. The first kappa shape index (κ1) is 25.8. The molecule has 2 aliphatic rings. The first-order chi connectivity index (χ1) is 14.9. The molecule has 0 amide bonds. The van der Waals surface area contributed by atoms with Gasteiger partial charge in [0.15, 0.2) is 0 Å². The van der Waals surface area contributed by atoms with E-state index in [9.17, 15) is 24.9 Å². The van der Waals surface area contributed by atoms with Gasteiger partial charge in [-0.3, -0.25) is 9.59 Å². The molecule has 0 saturated heterocycles. The monoisotopic (exact) mass is 453 g/mol. The number of nitrogens with two attached hydrogens (primary N) is 2. The van der Waals surface area contributed by atoms with Crippen molar-refractivity contribution in [1.82, 2.24) is 15.5 Å². The van der Waals surface area contributed by atoms with Crippen molar-refractivity contribution < 1.29 is 30.0 Å². The minimum atomic E-state index is -0.944. The molecule has 32 heavy (non-hydrogen) atoms. The van der Waals surface area contributed by atoms with Crippen LogP contribution in [0.5, 0.6) is 11.5 Å². The zero-order valence-corrected chi connectivity index (χ0v) is 18.8. The number of rotatable bonds is 7. The van der Waals surface area contributed by atoms with Crippen LogP contribution in [-0.4, -0.2) is 89.6 Å². The summed E-state index contributed by atoms with van der Waals surface area (Å²) in [6.07, 6.45) is 0.771. The summed E-state index contributed by atoms with van der Waals surface area (Å²) in [6, 6.07) is 2.15. The average molecular weight is 454 g/mol. The van der Waals surface area contributed by atoms with Gasteiger partial charge in [-0.1, -0.05) is 0 Å². The lowest BCUT2D eigenvalue weighted by Crippen LogP contribution is -2.65. The molecular formula is C21H35N5O6. The van der Waals surface area contributed by atoms with Crippen LogP contribution in [0.3, 0.4) is 0 Å². The van der Waals surface area contributed by atoms with Crippen LogP contribution in [-0.2, 0) is 16.1 Å². The molecule has 180 valence electrons. The number of aromatic hydroxyl groups is 2. The Morgan fingerprint density at radius 1 is 1.03 bits per heavy atom. The Labute approximate surface area is 187 Å². The highest BCUT2D eigenvalue weighted by Crippen LogP contribution is 2.44. The fourth-order valence-corrected chi connectivity index (χ4v) is 4.56. The number of hydrogen-bond acceptors (Lipinski definition) is 9. The smallest absolute Gasteiger partial charge is 0.309 e. The maximum Gasteiger partial charge on any atom is 0.309 e. The number of carboxylic acids is 2. The number of hydrogen-bond donors (Lipinski definition) is 8. The van der Waals surface area contributed by atoms with Crippen LogP contribution in [0.15, 0.2) is 12.1 Å². The molecule has 0 heterocycles. The minimum absolute atomic E-state index is 0.00970. The molecule has 11 nitrogen and oxygen atoms in total. The van der Waals surface area contributed by atoms with Crippen LogP contribution in [0.25, 0.3) is 0 Å². The van der Waals surface area contributed by atoms with E-state index >= 15 is 0 Å². The molecule has 7 atom stereocenters. The van der Waals surface area contributed by atoms with Gasteiger partial charge >= 0.3 is 11.9 Å². The molecule has 3 rings (SSSR count). The Hall–Kier alpha value is -2.44. The second-order valence-electron chi connectivity index (χ2n) is 8.72. The maximum absolute atomic E-state index is 11.2. The molecule has 0 bridgehead atoms. The van der Waals surface area contributed by atoms with Crippen molar-refractivity contribution in [3.05, 3.63) is 23.3 Å². The zero-order valence-electron chi connectivity index (χ0n) is 18.8. The molecule has 0 radical (unpaired) electrons. The third kappa shape index (κ3) is 5.13. The van der Waals surface area contributed by atoms with Crippen molar-refractivity contribution in [3.63, 3.8) is 0 Å². The SMILES string of the molecule is CNC1C(C(=O)O)C(N)C1c1cc(O)c(CN(C)C)c(O)c1.CNC1CC(N)C1C(=O)O. The van der Waals surface area contributed by atoms with Crippen molar-refractivity contribution in [2.24, 2.45) is 23.3 Å². The fraction of sp³-hybridized carbons (Fsp3) is 0.619. The molecule has 1 aromatic rings. The number of nitrogens with one attached hydrogen (secondary N) is 2. The van der Waals surface area contributed by atoms with Gasteiger partial charge in [-0.15, -0.1) is 0 Å². The zero-order chi connectivity index (χ0) is 24.3. The highest BCUT2D eigenvalue weighted by Gasteiger charge is 2.52. The van der Waals surface area contributed by atoms with E-state index in [-0.39, 0.29) is 41.5 Å². The van der Waals surface area contributed by atoms with E-state index in [4.69, 9.17) is 16.6 Å². The molecule has 2 saturated carbocycles. The highest BCUT2D eigenvalue weighted by atomic mass is 16.4. The molecule has 0 aromatic heterocycles. The van der Waals surface area contributed by atoms with Crippen LogP contribution in [0.2, 0.25) is 0 Å². The molecule has 0 spiro atoms. The summed E-state index contributed by atoms with van der Waals surface area (Å²) in [5.74, 6) is -3.09. The Morgan fingerprint density at radius 3 is 1.91 bits per heavy atom. The van der Waals surface area contributed by atoms with Crippen LogP contribution in [0.4, 0.5) is 0 Å². The quantitative estimate of drug-likeness (QED) is 0.249. The Morgan fingerprint density at radius 2 is 1.56 bits per heavy atom. The Balaban J connectivity index is 0.000000303. The number of carboxylic acid groups (broad SMARTS) is 2. The van der Waals surface area contributed by atoms with Gasteiger partial charge in [0.25, 0.3) is 0 Å². The van der Waals surface area contributed by atoms with Gasteiger partial charge in [-0.25, -0.2) is 0 Å². The summed E-state index contributed by atoms with van der Waals surface area (Å²) in [6.45, 7) is 0.405. The van der Waals surface area contributed by atoms with Crippen molar-refractivity contribution in [3.8, 4) is 11.5 Å². The van der Waals surface area contributed by atoms with E-state index in [1.807, 2.05) is 19.0 Å². The number of nitrogens with zero attached hydrogens (tertiary/aromatic N) is 1. The number of aliphatic carboxylic acids is 2. The van der Waals surface area contributed by atoms with Crippen LogP contribution in [0.1, 0.15) is 23.5 Å². The lowest BCUT2D eigenvalue weighted by Gasteiger charge is -2.48. The summed E-state index contributed by atoms with van der Waals surface area (Å²) in [5.41, 5.74) is 12.5. The molecule has 2 fully saturated rings. The number of carbonyl (C=O) groups is 2. The molecule has 10 N–H and O–H groups in total. The first-order valence-electron chi connectivity index (χ1n) is 10.4. The number of benzene rings is 1. The topological polar surface area (TPSA) is 194 Å². The molecule has 0 aliphatic heterocycles. The lowest BCUT2D eigenvalue weighted by atomic mass is 9.62. The van der Waals surface area contributed by atoms with E-state index in [1.54, 1.807) is 26.2 Å². The fourth-order valence-electron chi connectivity index (χ4n) is 4.56. The van der Waals surface area contributed by atoms with Gasteiger partial charge in [-0.05, 0) is 52.3 Å². The Bertz CT molecular complexity index is 812. The largest absolute Gasteiger partial charge is 0.507 e. The second-order valence-corrected chi connectivity index (χ2v) is 8.72. The van der Waals surface area contributed by atoms with Gasteiger partial charge in [0.2, 0.25) is 0 Å². The van der Waals surface area contributed by atoms with Crippen molar-refractivity contribution >= 4 is 11.9 Å². The third-order valence-electron chi connectivity index (χ3n) is 6.38. The summed E-state index contributed by atoms with van der Waals surface area (Å²) < 4.78 is 0. The van der Waals surface area contributed by atoms with E-state index in [0.717, 1.165) is 6.42 Å². The molecule has 1 aromatic carbocycles. The number of likely N-dealkylation sites (N-methyl/N-ethyl adjacent to an activating group) is 1. The summed E-state index contributed by atoms with van der Waals surface area (Å²) in [7, 11) is 7.11. The van der Waals surface area contributed by atoms with Crippen molar-refractivity contribution in [2.45, 2.75) is 43.1 Å². The van der Waals surface area contributed by atoms with E-state index < -0.39 is 23.9 Å². The molecular weight excluding hydrogens is 418 g/mol. The van der Waals surface area contributed by atoms with E-state index in [0.29, 0.717) is 17.7 Å². The van der Waals surface area contributed by atoms with Gasteiger partial charge in [-0.2, -0.15) is 0 Å². The summed E-state index contributed by atoms with van der Waals surface area (Å²) >= 11 is 0. The van der Waals surface area contributed by atoms with Gasteiger partial charge < -0.3 is 47.4 Å². The predicted octanol–water partition coefficient (Wildman–Crippen LogP) is -1.12. The second kappa shape index (κ2) is 10.5. The summed E-state index contributed by atoms with van der Waals surface area (Å²) in [5, 5.41) is 43.9. The van der Waals surface area contributed by atoms with Gasteiger partial charge in [0, 0.05) is 42.2 Å². The van der Waals surface area contributed by atoms with Gasteiger partial charge in [0.1, 0.15) is 11.5 Å². The number of phenolic OH excluding ortho intramolecular Hbond substituents is 2. The van der Waals surface area contributed by atoms with Crippen LogP contribution in [0, 0.1) is 11.8 Å². The Kier molecular flexibility index (Phi) is 8.43. The highest BCUT2D eigenvalue weighted by molar-refractivity contribution is 5.75. The van der Waals surface area contributed by atoms with Crippen molar-refractivity contribution in [1.29, 1.82) is 0 Å². The van der Waals surface area contributed by atoms with Crippen LogP contribution < -0.4 is 22.1 Å². The molecule has 7 unspecified atom stereocenters. The third-order valence-corrected chi connectivity index (χ3v) is 6.38. The van der Waals surface area contributed by atoms with Crippen LogP contribution >= 0.6 is 0 Å². The first-order valence-corrected chi connectivity index (χ1v) is 10.4. The standard InChI is InChI=1S/C15H23N3O4.C6H12N2O2/c1-17-14-11(13(16)12(14)15(21)22)7-4-9(19)8(6-18(2)3)10(20)5-7;1-8-4-2-3(7)5(4)6(9)10/h4-5,11-14,17,19-20H,6,16H2,1-3H3,(H,21,22);3-5,8H,2,7H2,1H3,(H,9,10). The van der Waals surface area contributed by atoms with E-state index in [2.05, 4.69) is 10.6 Å². The maximum atomic E-state index is 11.2. The summed E-state index contributed by atoms with van der Waals surface area (Å²) in [4.78, 5) is 23.5. The minimum Gasteiger partial charge on any atom is -0.507 e. The normalized spacial score (nSPS) is 31.2. The average Bonchev–Trinajstić information content (AvgIpc) is 2.66. The van der Waals surface area contributed by atoms with Gasteiger partial charge in [0.05, 0.1) is 11.8 Å². The molecule has 2 aliphatic carbocycles. The van der Waals surface area contributed by atoms with Crippen molar-refractivity contribution in [2.75, 3.05) is 28.2 Å². The lowest BCUT2D eigenvalue weighted by molar-refractivity contribution is -0.148. The number of phenols is 2.